The van der Waals surface area contributed by atoms with Crippen LogP contribution < -0.4 is 5.32 Å². The molecule has 0 saturated heterocycles. The molecule has 2 N–H and O–H groups in total. The van der Waals surface area contributed by atoms with Crippen LogP contribution >= 0.6 is 0 Å². The number of hydrogen-bond acceptors (Lipinski definition) is 2. The molecule has 0 aliphatic rings. The van der Waals surface area contributed by atoms with Crippen molar-refractivity contribution >= 4 is 11.9 Å². The molecule has 0 aliphatic heterocycles. The first-order valence-electron chi connectivity index (χ1n) is 2.75. The van der Waals surface area contributed by atoms with Gasteiger partial charge in [-0.2, -0.15) is 0 Å². The maximum absolute atomic E-state index is 10.3. The monoisotopic (exact) mass is 143 g/mol. The van der Waals surface area contributed by atoms with E-state index in [1.807, 2.05) is 0 Å². The van der Waals surface area contributed by atoms with Crippen LogP contribution in [0.3, 0.4) is 0 Å². The van der Waals surface area contributed by atoms with Crippen LogP contribution in [0, 0.1) is 0 Å². The van der Waals surface area contributed by atoms with Gasteiger partial charge in [-0.05, 0) is 6.92 Å². The van der Waals surface area contributed by atoms with Gasteiger partial charge in [-0.3, -0.25) is 4.79 Å². The molecule has 0 aromatic rings. The number of nitrogens with one attached hydrogen (secondary N) is 1. The highest BCUT2D eigenvalue weighted by Crippen LogP contribution is 1.86. The Morgan fingerprint density at radius 2 is 2.00 bits per heavy atom. The molecule has 0 aromatic heterocycles. The van der Waals surface area contributed by atoms with Crippen molar-refractivity contribution in [1.82, 2.24) is 5.32 Å². The normalized spacial score (nSPS) is 10.8. The van der Waals surface area contributed by atoms with Crippen molar-refractivity contribution in [2.45, 2.75) is 13.8 Å². The van der Waals surface area contributed by atoms with Gasteiger partial charge in [-0.15, -0.1) is 0 Å². The summed E-state index contributed by atoms with van der Waals surface area (Å²) in [4.78, 5) is 20.5. The van der Waals surface area contributed by atoms with Gasteiger partial charge < -0.3 is 10.4 Å². The number of allylic oxidation sites excluding steroid dienone is 1. The second-order valence-electron chi connectivity index (χ2n) is 1.69. The SMILES string of the molecule is C/C=C(\NC(C)=O)C(=O)O. The van der Waals surface area contributed by atoms with Gasteiger partial charge in [0, 0.05) is 6.92 Å². The molecule has 1 amide bonds. The van der Waals surface area contributed by atoms with Gasteiger partial charge in [-0.1, -0.05) is 6.08 Å². The van der Waals surface area contributed by atoms with E-state index in [1.54, 1.807) is 6.92 Å². The lowest BCUT2D eigenvalue weighted by molar-refractivity contribution is -0.134. The molecule has 0 rings (SSSR count). The lowest BCUT2D eigenvalue weighted by Gasteiger charge is -1.99. The topological polar surface area (TPSA) is 66.4 Å². The molecule has 4 nitrogen and oxygen atoms in total. The summed E-state index contributed by atoms with van der Waals surface area (Å²) in [6.45, 7) is 2.80. The first-order valence-corrected chi connectivity index (χ1v) is 2.75. The van der Waals surface area contributed by atoms with Gasteiger partial charge >= 0.3 is 5.97 Å². The van der Waals surface area contributed by atoms with Crippen LogP contribution in [-0.4, -0.2) is 17.0 Å². The van der Waals surface area contributed by atoms with Gasteiger partial charge in [0.15, 0.2) is 0 Å². The minimum atomic E-state index is -1.13. The zero-order chi connectivity index (χ0) is 8.15. The van der Waals surface area contributed by atoms with E-state index in [1.165, 1.54) is 13.0 Å². The number of hydrogen-bond donors (Lipinski definition) is 2. The molecule has 10 heavy (non-hydrogen) atoms. The van der Waals surface area contributed by atoms with E-state index >= 15 is 0 Å². The second-order valence-corrected chi connectivity index (χ2v) is 1.69. The minimum absolute atomic E-state index is 0.0903. The molecule has 0 atom stereocenters. The molecule has 0 aromatic carbocycles. The van der Waals surface area contributed by atoms with E-state index < -0.39 is 5.97 Å². The number of amides is 1. The fourth-order valence-corrected chi connectivity index (χ4v) is 0.439. The first-order chi connectivity index (χ1) is 4.57. The third-order valence-electron chi connectivity index (χ3n) is 0.830. The molecule has 0 radical (unpaired) electrons. The second kappa shape index (κ2) is 3.66. The van der Waals surface area contributed by atoms with E-state index in [-0.39, 0.29) is 11.6 Å². The van der Waals surface area contributed by atoms with Gasteiger partial charge in [0.25, 0.3) is 0 Å². The average Bonchev–Trinajstić information content (AvgIpc) is 1.81. The smallest absolute Gasteiger partial charge is 0.352 e. The number of carboxylic acids is 1. The van der Waals surface area contributed by atoms with Crippen LogP contribution in [0.1, 0.15) is 13.8 Å². The van der Waals surface area contributed by atoms with Gasteiger partial charge in [0.2, 0.25) is 5.91 Å². The lowest BCUT2D eigenvalue weighted by atomic mass is 10.4. The fourth-order valence-electron chi connectivity index (χ4n) is 0.439. The summed E-state index contributed by atoms with van der Waals surface area (Å²) in [5, 5.41) is 10.5. The van der Waals surface area contributed by atoms with Gasteiger partial charge in [0.1, 0.15) is 5.70 Å². The summed E-state index contributed by atoms with van der Waals surface area (Å²) in [5.41, 5.74) is -0.0903. The molecular weight excluding hydrogens is 134 g/mol. The molecule has 0 fully saturated rings. The number of aliphatic carboxylic acids is 1. The van der Waals surface area contributed by atoms with Crippen LogP contribution in [0.5, 0.6) is 0 Å². The van der Waals surface area contributed by atoms with E-state index in [2.05, 4.69) is 5.32 Å². The number of carboxylic acid groups (broad SMARTS) is 1. The number of rotatable bonds is 2. The van der Waals surface area contributed by atoms with Crippen LogP contribution in [0.15, 0.2) is 11.8 Å². The Morgan fingerprint density at radius 1 is 1.50 bits per heavy atom. The molecule has 0 unspecified atom stereocenters. The third kappa shape index (κ3) is 2.86. The van der Waals surface area contributed by atoms with Crippen molar-refractivity contribution in [1.29, 1.82) is 0 Å². The number of carbonyl (C=O) groups excluding carboxylic acids is 1. The van der Waals surface area contributed by atoms with E-state index in [9.17, 15) is 9.59 Å². The van der Waals surface area contributed by atoms with Gasteiger partial charge in [0.05, 0.1) is 0 Å². The molecule has 4 heteroatoms. The summed E-state index contributed by atoms with van der Waals surface area (Å²) in [5.74, 6) is -1.51. The maximum Gasteiger partial charge on any atom is 0.352 e. The zero-order valence-corrected chi connectivity index (χ0v) is 5.84. The Morgan fingerprint density at radius 3 is 2.10 bits per heavy atom. The quantitative estimate of drug-likeness (QED) is 0.539. The molecular formula is C6H9NO3. The van der Waals surface area contributed by atoms with Crippen LogP contribution in [0.2, 0.25) is 0 Å². The third-order valence-corrected chi connectivity index (χ3v) is 0.830. The van der Waals surface area contributed by atoms with Crippen molar-refractivity contribution in [3.05, 3.63) is 11.8 Å². The van der Waals surface area contributed by atoms with Crippen LogP contribution in [0.25, 0.3) is 0 Å². The Balaban J connectivity index is 4.12. The predicted octanol–water partition coefficient (Wildman–Crippen LogP) is 0.111. The van der Waals surface area contributed by atoms with Crippen LogP contribution in [0.4, 0.5) is 0 Å². The largest absolute Gasteiger partial charge is 0.477 e. The summed E-state index contributed by atoms with van der Waals surface area (Å²) < 4.78 is 0. The minimum Gasteiger partial charge on any atom is -0.477 e. The molecule has 0 aliphatic carbocycles. The highest BCUT2D eigenvalue weighted by molar-refractivity contribution is 5.91. The molecule has 0 spiro atoms. The van der Waals surface area contributed by atoms with Crippen molar-refractivity contribution in [3.63, 3.8) is 0 Å². The maximum atomic E-state index is 10.3. The van der Waals surface area contributed by atoms with Crippen LogP contribution in [-0.2, 0) is 9.59 Å². The van der Waals surface area contributed by atoms with Crippen molar-refractivity contribution in [3.8, 4) is 0 Å². The van der Waals surface area contributed by atoms with E-state index in [0.717, 1.165) is 0 Å². The molecule has 56 valence electrons. The summed E-state index contributed by atoms with van der Waals surface area (Å²) in [7, 11) is 0. The molecule has 0 bridgehead atoms. The van der Waals surface area contributed by atoms with E-state index in [4.69, 9.17) is 5.11 Å². The fraction of sp³-hybridized carbons (Fsp3) is 0.333. The predicted molar refractivity (Wildman–Crippen MR) is 35.2 cm³/mol. The Kier molecular flexibility index (Phi) is 3.17. The highest BCUT2D eigenvalue weighted by atomic mass is 16.4. The lowest BCUT2D eigenvalue weighted by Crippen LogP contribution is -2.24. The summed E-state index contributed by atoms with van der Waals surface area (Å²) >= 11 is 0. The summed E-state index contributed by atoms with van der Waals surface area (Å²) in [6, 6.07) is 0. The van der Waals surface area contributed by atoms with Crippen molar-refractivity contribution < 1.29 is 14.7 Å². The molecule has 0 saturated carbocycles. The van der Waals surface area contributed by atoms with Gasteiger partial charge in [-0.25, -0.2) is 4.79 Å². The number of carbonyl (C=O) groups is 2. The molecule has 0 heterocycles. The average molecular weight is 143 g/mol. The first kappa shape index (κ1) is 8.68. The Labute approximate surface area is 58.5 Å². The zero-order valence-electron chi connectivity index (χ0n) is 5.84. The van der Waals surface area contributed by atoms with E-state index in [0.29, 0.717) is 0 Å². The Hall–Kier alpha value is -1.32. The van der Waals surface area contributed by atoms with Crippen molar-refractivity contribution in [2.75, 3.05) is 0 Å². The Bertz CT molecular complexity index is 183. The summed E-state index contributed by atoms with van der Waals surface area (Å²) in [6.07, 6.45) is 1.32. The highest BCUT2D eigenvalue weighted by Gasteiger charge is 2.05. The van der Waals surface area contributed by atoms with Crippen molar-refractivity contribution in [2.24, 2.45) is 0 Å². The standard InChI is InChI=1S/C6H9NO3/c1-3-5(6(9)10)7-4(2)8/h3H,1-2H3,(H,7,8)(H,9,10)/b5-3-.